The molecule has 0 fully saturated rings. The maximum Gasteiger partial charge on any atom is 0.258 e. The van der Waals surface area contributed by atoms with E-state index in [9.17, 15) is 9.59 Å². The summed E-state index contributed by atoms with van der Waals surface area (Å²) in [6.45, 7) is 4.22. The molecule has 0 atom stereocenters. The largest absolute Gasteiger partial charge is 0.329 e. The number of amides is 2. The van der Waals surface area contributed by atoms with Crippen LogP contribution in [0.4, 0.5) is 5.69 Å². The van der Waals surface area contributed by atoms with Crippen LogP contribution >= 0.6 is 0 Å². The molecular formula is C17H14N2O2. The van der Waals surface area contributed by atoms with Gasteiger partial charge in [-0.1, -0.05) is 30.8 Å². The Morgan fingerprint density at radius 1 is 1.10 bits per heavy atom. The molecule has 0 unspecified atom stereocenters. The number of nitrogens with zero attached hydrogens (tertiary/aromatic N) is 1. The van der Waals surface area contributed by atoms with Crippen LogP contribution in [0.2, 0.25) is 0 Å². The van der Waals surface area contributed by atoms with Crippen LogP contribution < -0.4 is 5.32 Å². The van der Waals surface area contributed by atoms with Crippen molar-refractivity contribution in [2.45, 2.75) is 6.54 Å². The minimum absolute atomic E-state index is 0.0129. The number of carbonyl (C=O) groups is 2. The number of hydrogen-bond acceptors (Lipinski definition) is 2. The Morgan fingerprint density at radius 3 is 2.48 bits per heavy atom. The van der Waals surface area contributed by atoms with Crippen molar-refractivity contribution in [2.24, 2.45) is 0 Å². The van der Waals surface area contributed by atoms with Gasteiger partial charge in [0, 0.05) is 17.5 Å². The molecule has 0 bridgehead atoms. The molecule has 0 aromatic heterocycles. The number of benzene rings is 2. The summed E-state index contributed by atoms with van der Waals surface area (Å²) < 4.78 is 0. The number of rotatable bonds is 4. The lowest BCUT2D eigenvalue weighted by Crippen LogP contribution is -2.15. The first-order valence-electron chi connectivity index (χ1n) is 6.60. The first-order chi connectivity index (χ1) is 10.2. The molecule has 3 rings (SSSR count). The van der Waals surface area contributed by atoms with Crippen molar-refractivity contribution in [1.82, 2.24) is 4.90 Å². The van der Waals surface area contributed by atoms with Crippen LogP contribution in [0.3, 0.4) is 0 Å². The second-order valence-electron chi connectivity index (χ2n) is 4.79. The Bertz CT molecular complexity index is 720. The van der Waals surface area contributed by atoms with E-state index in [-0.39, 0.29) is 5.91 Å². The van der Waals surface area contributed by atoms with Crippen LogP contribution in [0.1, 0.15) is 15.9 Å². The molecule has 1 aliphatic rings. The van der Waals surface area contributed by atoms with Gasteiger partial charge in [-0.15, -0.1) is 0 Å². The third-order valence-electron chi connectivity index (χ3n) is 3.64. The Kier molecular flexibility index (Phi) is 3.28. The van der Waals surface area contributed by atoms with Gasteiger partial charge in [-0.2, -0.15) is 0 Å². The standard InChI is InChI=1S/C17H14N2O2/c1-2-19-10-16-14(4-3-5-15(16)17(19)21)12-6-8-13(9-7-12)18-11-20/h2-9,11H,1,10H2,(H,18,20). The molecule has 1 N–H and O–H groups in total. The van der Waals surface area contributed by atoms with E-state index in [1.54, 1.807) is 11.1 Å². The van der Waals surface area contributed by atoms with Crippen molar-refractivity contribution >= 4 is 18.0 Å². The highest BCUT2D eigenvalue weighted by atomic mass is 16.2. The molecule has 2 amide bonds. The van der Waals surface area contributed by atoms with Gasteiger partial charge < -0.3 is 10.2 Å². The summed E-state index contributed by atoms with van der Waals surface area (Å²) in [6, 6.07) is 13.3. The van der Waals surface area contributed by atoms with Gasteiger partial charge in [0.15, 0.2) is 0 Å². The van der Waals surface area contributed by atoms with Crippen LogP contribution in [0.15, 0.2) is 55.2 Å². The minimum Gasteiger partial charge on any atom is -0.329 e. The molecule has 0 saturated carbocycles. The Morgan fingerprint density at radius 2 is 1.81 bits per heavy atom. The molecule has 0 spiro atoms. The summed E-state index contributed by atoms with van der Waals surface area (Å²) in [7, 11) is 0. The molecule has 1 aliphatic heterocycles. The average molecular weight is 278 g/mol. The van der Waals surface area contributed by atoms with Crippen LogP contribution in [-0.2, 0) is 11.3 Å². The fourth-order valence-corrected chi connectivity index (χ4v) is 2.59. The molecule has 2 aromatic carbocycles. The van der Waals surface area contributed by atoms with Gasteiger partial charge in [0.05, 0.1) is 6.54 Å². The van der Waals surface area contributed by atoms with Crippen LogP contribution in [-0.4, -0.2) is 17.2 Å². The molecule has 1 heterocycles. The molecule has 4 nitrogen and oxygen atoms in total. The zero-order chi connectivity index (χ0) is 14.8. The predicted octanol–water partition coefficient (Wildman–Crippen LogP) is 3.02. The smallest absolute Gasteiger partial charge is 0.258 e. The molecule has 0 radical (unpaired) electrons. The van der Waals surface area contributed by atoms with Gasteiger partial charge in [-0.3, -0.25) is 9.59 Å². The Balaban J connectivity index is 2.03. The first kappa shape index (κ1) is 13.1. The lowest BCUT2D eigenvalue weighted by molar-refractivity contribution is -0.105. The van der Waals surface area contributed by atoms with Crippen molar-refractivity contribution in [2.75, 3.05) is 5.32 Å². The van der Waals surface area contributed by atoms with Gasteiger partial charge in [0.2, 0.25) is 6.41 Å². The summed E-state index contributed by atoms with van der Waals surface area (Å²) in [6.07, 6.45) is 2.21. The van der Waals surface area contributed by atoms with Crippen LogP contribution in [0.25, 0.3) is 11.1 Å². The normalized spacial score (nSPS) is 13.0. The van der Waals surface area contributed by atoms with E-state index < -0.39 is 0 Å². The zero-order valence-corrected chi connectivity index (χ0v) is 11.4. The third kappa shape index (κ3) is 2.21. The summed E-state index contributed by atoms with van der Waals surface area (Å²) in [5, 5.41) is 2.61. The van der Waals surface area contributed by atoms with E-state index in [2.05, 4.69) is 11.9 Å². The lowest BCUT2D eigenvalue weighted by atomic mass is 9.97. The second kappa shape index (κ2) is 5.25. The van der Waals surface area contributed by atoms with Crippen molar-refractivity contribution < 1.29 is 9.59 Å². The van der Waals surface area contributed by atoms with Gasteiger partial charge in [0.1, 0.15) is 0 Å². The Hall–Kier alpha value is -2.88. The Labute approximate surface area is 122 Å². The number of carbonyl (C=O) groups excluding carboxylic acids is 2. The van der Waals surface area contributed by atoms with E-state index >= 15 is 0 Å². The number of nitrogens with one attached hydrogen (secondary N) is 1. The van der Waals surface area contributed by atoms with E-state index in [1.165, 1.54) is 0 Å². The molecule has 4 heteroatoms. The minimum atomic E-state index is -0.0129. The zero-order valence-electron chi connectivity index (χ0n) is 11.4. The number of fused-ring (bicyclic) bond motifs is 1. The van der Waals surface area contributed by atoms with Crippen LogP contribution in [0, 0.1) is 0 Å². The number of hydrogen-bond donors (Lipinski definition) is 1. The summed E-state index contributed by atoms with van der Waals surface area (Å²) in [4.78, 5) is 24.2. The van der Waals surface area contributed by atoms with E-state index in [0.29, 0.717) is 13.0 Å². The SMILES string of the molecule is C=CN1Cc2c(cccc2-c2ccc(NC=O)cc2)C1=O. The maximum absolute atomic E-state index is 12.2. The fourth-order valence-electron chi connectivity index (χ4n) is 2.59. The summed E-state index contributed by atoms with van der Waals surface area (Å²) >= 11 is 0. The van der Waals surface area contributed by atoms with Gasteiger partial charge in [-0.25, -0.2) is 0 Å². The van der Waals surface area contributed by atoms with Gasteiger partial charge in [0.25, 0.3) is 5.91 Å². The van der Waals surface area contributed by atoms with E-state index in [4.69, 9.17) is 0 Å². The van der Waals surface area contributed by atoms with Gasteiger partial charge >= 0.3 is 0 Å². The molecule has 2 aromatic rings. The highest BCUT2D eigenvalue weighted by molar-refractivity contribution is 6.01. The molecule has 0 saturated heterocycles. The van der Waals surface area contributed by atoms with Crippen molar-refractivity contribution in [3.05, 3.63) is 66.4 Å². The fraction of sp³-hybridized carbons (Fsp3) is 0.0588. The molecule has 0 aliphatic carbocycles. The van der Waals surface area contributed by atoms with Crippen molar-refractivity contribution in [1.29, 1.82) is 0 Å². The average Bonchev–Trinajstić information content (AvgIpc) is 2.85. The third-order valence-corrected chi connectivity index (χ3v) is 3.64. The monoisotopic (exact) mass is 278 g/mol. The molecular weight excluding hydrogens is 264 g/mol. The van der Waals surface area contributed by atoms with Crippen LogP contribution in [0.5, 0.6) is 0 Å². The maximum atomic E-state index is 12.2. The molecule has 21 heavy (non-hydrogen) atoms. The predicted molar refractivity (Wildman–Crippen MR) is 81.6 cm³/mol. The summed E-state index contributed by atoms with van der Waals surface area (Å²) in [5.74, 6) is -0.0129. The second-order valence-corrected chi connectivity index (χ2v) is 4.79. The highest BCUT2D eigenvalue weighted by Gasteiger charge is 2.27. The van der Waals surface area contributed by atoms with Crippen molar-refractivity contribution in [3.63, 3.8) is 0 Å². The topological polar surface area (TPSA) is 49.4 Å². The van der Waals surface area contributed by atoms with E-state index in [0.717, 1.165) is 27.9 Å². The first-order valence-corrected chi connectivity index (χ1v) is 6.60. The molecule has 104 valence electrons. The summed E-state index contributed by atoms with van der Waals surface area (Å²) in [5.41, 5.74) is 4.52. The lowest BCUT2D eigenvalue weighted by Gasteiger charge is -2.09. The van der Waals surface area contributed by atoms with Gasteiger partial charge in [-0.05, 0) is 34.9 Å². The highest BCUT2D eigenvalue weighted by Crippen LogP contribution is 2.33. The van der Waals surface area contributed by atoms with E-state index in [1.807, 2.05) is 42.5 Å². The van der Waals surface area contributed by atoms with Crippen molar-refractivity contribution in [3.8, 4) is 11.1 Å². The number of anilines is 1. The quantitative estimate of drug-likeness (QED) is 0.874.